The van der Waals surface area contributed by atoms with E-state index in [1.54, 1.807) is 24.3 Å². The smallest absolute Gasteiger partial charge is 0.339 e. The van der Waals surface area contributed by atoms with Crippen LogP contribution in [0.5, 0.6) is 0 Å². The summed E-state index contributed by atoms with van der Waals surface area (Å²) in [4.78, 5) is 23.7. The summed E-state index contributed by atoms with van der Waals surface area (Å²) in [6.45, 7) is 0. The van der Waals surface area contributed by atoms with Crippen molar-refractivity contribution in [3.8, 4) is 0 Å². The number of amides is 1. The van der Waals surface area contributed by atoms with E-state index in [4.69, 9.17) is 16.3 Å². The molecule has 1 aliphatic heterocycles. The van der Waals surface area contributed by atoms with Crippen LogP contribution in [-0.4, -0.2) is 11.9 Å². The van der Waals surface area contributed by atoms with E-state index in [0.717, 1.165) is 0 Å². The highest BCUT2D eigenvalue weighted by Crippen LogP contribution is 2.33. The van der Waals surface area contributed by atoms with Crippen molar-refractivity contribution in [2.24, 2.45) is 0 Å². The third-order valence-electron chi connectivity index (χ3n) is 3.35. The molecule has 0 unspecified atom stereocenters. The minimum Gasteiger partial charge on any atom is -0.453 e. The van der Waals surface area contributed by atoms with Gasteiger partial charge in [-0.3, -0.25) is 4.79 Å². The molecule has 0 bridgehead atoms. The zero-order chi connectivity index (χ0) is 15.7. The number of anilines is 1. The maximum Gasteiger partial charge on any atom is 0.339 e. The molecule has 1 amide bonds. The number of ether oxygens (including phenoxy) is 1. The first kappa shape index (κ1) is 14.5. The van der Waals surface area contributed by atoms with Crippen LogP contribution in [0.3, 0.4) is 0 Å². The summed E-state index contributed by atoms with van der Waals surface area (Å²) in [6.07, 6.45) is -0.628. The van der Waals surface area contributed by atoms with E-state index in [1.807, 2.05) is 0 Å². The van der Waals surface area contributed by atoms with Gasteiger partial charge in [0.2, 0.25) is 5.91 Å². The molecule has 6 heteroatoms. The topological polar surface area (TPSA) is 55.4 Å². The average Bonchev–Trinajstić information content (AvgIpc) is 2.80. The lowest BCUT2D eigenvalue weighted by Crippen LogP contribution is -2.15. The van der Waals surface area contributed by atoms with Crippen LogP contribution in [0.1, 0.15) is 28.4 Å². The number of hydrogen-bond acceptors (Lipinski definition) is 3. The molecule has 1 atom stereocenters. The minimum atomic E-state index is -0.611. The highest BCUT2D eigenvalue weighted by atomic mass is 35.5. The molecule has 0 aromatic heterocycles. The molecular weight excluding hydrogens is 309 g/mol. The summed E-state index contributed by atoms with van der Waals surface area (Å²) in [5.41, 5.74) is 1.55. The van der Waals surface area contributed by atoms with Crippen molar-refractivity contribution in [3.05, 3.63) is 64.4 Å². The van der Waals surface area contributed by atoms with Crippen LogP contribution >= 0.6 is 11.6 Å². The Kier molecular flexibility index (Phi) is 3.81. The largest absolute Gasteiger partial charge is 0.453 e. The Morgan fingerprint density at radius 1 is 1.27 bits per heavy atom. The second kappa shape index (κ2) is 5.77. The van der Waals surface area contributed by atoms with Gasteiger partial charge in [0.25, 0.3) is 0 Å². The number of cyclic esters (lactones) is 1. The van der Waals surface area contributed by atoms with E-state index in [-0.39, 0.29) is 17.4 Å². The van der Waals surface area contributed by atoms with Crippen LogP contribution in [0.4, 0.5) is 10.1 Å². The monoisotopic (exact) mass is 319 g/mol. The maximum atomic E-state index is 13.1. The lowest BCUT2D eigenvalue weighted by atomic mass is 10.0. The highest BCUT2D eigenvalue weighted by molar-refractivity contribution is 6.31. The predicted octanol–water partition coefficient (Wildman–Crippen LogP) is 3.72. The molecule has 1 heterocycles. The van der Waals surface area contributed by atoms with Crippen molar-refractivity contribution in [1.29, 1.82) is 0 Å². The fraction of sp³-hybridized carbons (Fsp3) is 0.125. The lowest BCUT2D eigenvalue weighted by Gasteiger charge is -2.11. The first-order valence-corrected chi connectivity index (χ1v) is 6.97. The Labute approximate surface area is 130 Å². The summed E-state index contributed by atoms with van der Waals surface area (Å²) >= 11 is 5.66. The molecule has 2 aromatic rings. The fourth-order valence-electron chi connectivity index (χ4n) is 2.33. The number of hydrogen-bond donors (Lipinski definition) is 1. The summed E-state index contributed by atoms with van der Waals surface area (Å²) in [5.74, 6) is -1.34. The van der Waals surface area contributed by atoms with Crippen molar-refractivity contribution in [2.45, 2.75) is 12.5 Å². The van der Waals surface area contributed by atoms with E-state index >= 15 is 0 Å². The fourth-order valence-corrected chi connectivity index (χ4v) is 2.51. The van der Waals surface area contributed by atoms with Crippen LogP contribution in [0.15, 0.2) is 42.5 Å². The van der Waals surface area contributed by atoms with Crippen molar-refractivity contribution in [3.63, 3.8) is 0 Å². The van der Waals surface area contributed by atoms with Crippen LogP contribution < -0.4 is 5.32 Å². The van der Waals surface area contributed by atoms with Crippen LogP contribution in [0.25, 0.3) is 0 Å². The van der Waals surface area contributed by atoms with E-state index in [0.29, 0.717) is 16.8 Å². The summed E-state index contributed by atoms with van der Waals surface area (Å²) in [6, 6.07) is 10.8. The Morgan fingerprint density at radius 2 is 2.05 bits per heavy atom. The number of rotatable bonds is 3. The Balaban J connectivity index is 1.70. The van der Waals surface area contributed by atoms with Crippen molar-refractivity contribution in [2.75, 3.05) is 5.32 Å². The lowest BCUT2D eigenvalue weighted by molar-refractivity contribution is -0.118. The van der Waals surface area contributed by atoms with Gasteiger partial charge >= 0.3 is 5.97 Å². The molecule has 2 aromatic carbocycles. The van der Waals surface area contributed by atoms with E-state index < -0.39 is 17.9 Å². The van der Waals surface area contributed by atoms with E-state index in [2.05, 4.69) is 5.32 Å². The number of carbonyl (C=O) groups is 2. The van der Waals surface area contributed by atoms with Gasteiger partial charge in [0.05, 0.1) is 17.0 Å². The van der Waals surface area contributed by atoms with Gasteiger partial charge in [-0.05, 0) is 24.3 Å². The van der Waals surface area contributed by atoms with Crippen LogP contribution in [0, 0.1) is 5.82 Å². The Hall–Kier alpha value is -2.40. The van der Waals surface area contributed by atoms with Crippen LogP contribution in [0.2, 0.25) is 5.02 Å². The number of halogens is 2. The van der Waals surface area contributed by atoms with Gasteiger partial charge in [0.15, 0.2) is 0 Å². The molecule has 0 saturated heterocycles. The van der Waals surface area contributed by atoms with Crippen LogP contribution in [-0.2, 0) is 9.53 Å². The molecular formula is C16H11ClFNO3. The molecule has 0 saturated carbocycles. The molecule has 1 N–H and O–H groups in total. The third kappa shape index (κ3) is 2.80. The molecule has 3 rings (SSSR count). The molecule has 112 valence electrons. The average molecular weight is 320 g/mol. The quantitative estimate of drug-likeness (QED) is 0.877. The van der Waals surface area contributed by atoms with Crippen molar-refractivity contribution < 1.29 is 18.7 Å². The number of fused-ring (bicyclic) bond motifs is 1. The second-order valence-electron chi connectivity index (χ2n) is 4.86. The molecule has 22 heavy (non-hydrogen) atoms. The summed E-state index contributed by atoms with van der Waals surface area (Å²) in [7, 11) is 0. The highest BCUT2D eigenvalue weighted by Gasteiger charge is 2.32. The van der Waals surface area contributed by atoms with Crippen molar-refractivity contribution >= 4 is 29.2 Å². The zero-order valence-corrected chi connectivity index (χ0v) is 12.1. The van der Waals surface area contributed by atoms with Gasteiger partial charge in [-0.25, -0.2) is 9.18 Å². The number of benzene rings is 2. The number of carbonyl (C=O) groups excluding carboxylic acids is 2. The zero-order valence-electron chi connectivity index (χ0n) is 11.3. The second-order valence-corrected chi connectivity index (χ2v) is 5.27. The molecule has 1 aliphatic rings. The van der Waals surface area contributed by atoms with Gasteiger partial charge in [0.1, 0.15) is 11.9 Å². The van der Waals surface area contributed by atoms with Crippen molar-refractivity contribution in [1.82, 2.24) is 0 Å². The van der Waals surface area contributed by atoms with Gasteiger partial charge in [-0.1, -0.05) is 29.8 Å². The predicted molar refractivity (Wildman–Crippen MR) is 79.3 cm³/mol. The molecule has 0 radical (unpaired) electrons. The Morgan fingerprint density at radius 3 is 2.82 bits per heavy atom. The van der Waals surface area contributed by atoms with Gasteiger partial charge in [-0.2, -0.15) is 0 Å². The van der Waals surface area contributed by atoms with Gasteiger partial charge < -0.3 is 10.1 Å². The summed E-state index contributed by atoms with van der Waals surface area (Å²) in [5, 5.41) is 2.53. The summed E-state index contributed by atoms with van der Waals surface area (Å²) < 4.78 is 18.3. The molecule has 0 aliphatic carbocycles. The first-order valence-electron chi connectivity index (χ1n) is 6.59. The number of nitrogens with one attached hydrogen (secondary N) is 1. The normalized spacial score (nSPS) is 16.1. The maximum absolute atomic E-state index is 13.1. The standard InChI is InChI=1S/C16H11ClFNO3/c17-12-7-9(5-6-13(12)18)19-15(20)8-14-10-3-1-2-4-11(10)16(21)22-14/h1-7,14H,8H2,(H,19,20)/t14-/m0/s1. The van der Waals surface area contributed by atoms with E-state index in [9.17, 15) is 14.0 Å². The minimum absolute atomic E-state index is 0.0161. The molecule has 0 spiro atoms. The molecule has 0 fully saturated rings. The van der Waals surface area contributed by atoms with Gasteiger partial charge in [0, 0.05) is 11.3 Å². The number of esters is 1. The van der Waals surface area contributed by atoms with Gasteiger partial charge in [-0.15, -0.1) is 0 Å². The third-order valence-corrected chi connectivity index (χ3v) is 3.64. The Bertz CT molecular complexity index is 763. The SMILES string of the molecule is O=C(C[C@@H]1OC(=O)c2ccccc21)Nc1ccc(F)c(Cl)c1. The molecule has 4 nitrogen and oxygen atoms in total. The van der Waals surface area contributed by atoms with E-state index in [1.165, 1.54) is 18.2 Å². The first-order chi connectivity index (χ1) is 10.5.